The Labute approximate surface area is 225 Å². The first kappa shape index (κ1) is 31.9. The number of carbonyl (C=O) groups is 1. The number of nitrogens with zero attached hydrogens (tertiary/aromatic N) is 3. The number of rotatable bonds is 17. The highest BCUT2D eigenvalue weighted by atomic mass is 19.4. The standard InChI is InChI=1S/C27H38F3N3O6/c1-4-6-7-8-9-17-32-23(34)22(31-33(25(32)37)18-10-16-27(28,29)30)38-19-20-11-13-21(14-12-20)39-26(3,15-5-2)24(35)36/h11-14H,4-10,15-19H2,1-3H3,(H,35,36). The molecule has 2 rings (SSSR count). The summed E-state index contributed by atoms with van der Waals surface area (Å²) < 4.78 is 51.0. The quantitative estimate of drug-likeness (QED) is 0.262. The van der Waals surface area contributed by atoms with Crippen LogP contribution in [-0.2, 0) is 24.5 Å². The lowest BCUT2D eigenvalue weighted by molar-refractivity contribution is -0.154. The number of unbranched alkanes of at least 4 members (excludes halogenated alkanes) is 4. The Balaban J connectivity index is 2.20. The predicted octanol–water partition coefficient (Wildman–Crippen LogP) is 5.32. The van der Waals surface area contributed by atoms with Gasteiger partial charge >= 0.3 is 23.4 Å². The van der Waals surface area contributed by atoms with E-state index in [4.69, 9.17) is 9.47 Å². The monoisotopic (exact) mass is 557 g/mol. The zero-order valence-electron chi connectivity index (χ0n) is 22.8. The van der Waals surface area contributed by atoms with E-state index in [0.29, 0.717) is 30.6 Å². The minimum absolute atomic E-state index is 0.106. The van der Waals surface area contributed by atoms with Crippen molar-refractivity contribution in [2.45, 2.75) is 110 Å². The lowest BCUT2D eigenvalue weighted by atomic mass is 10.0. The molecule has 9 nitrogen and oxygen atoms in total. The maximum atomic E-state index is 13.0. The van der Waals surface area contributed by atoms with Gasteiger partial charge < -0.3 is 14.6 Å². The van der Waals surface area contributed by atoms with Crippen molar-refractivity contribution in [2.75, 3.05) is 0 Å². The van der Waals surface area contributed by atoms with Gasteiger partial charge in [0.25, 0.3) is 5.88 Å². The second-order valence-corrected chi connectivity index (χ2v) is 9.72. The molecule has 1 N–H and O–H groups in total. The van der Waals surface area contributed by atoms with Crippen molar-refractivity contribution in [2.24, 2.45) is 0 Å². The first-order chi connectivity index (χ1) is 18.4. The van der Waals surface area contributed by atoms with E-state index >= 15 is 0 Å². The van der Waals surface area contributed by atoms with Crippen molar-refractivity contribution in [3.63, 3.8) is 0 Å². The summed E-state index contributed by atoms with van der Waals surface area (Å²) in [6.07, 6.45) is -0.494. The summed E-state index contributed by atoms with van der Waals surface area (Å²) in [5.74, 6) is -1.11. The molecule has 0 saturated carbocycles. The minimum Gasteiger partial charge on any atom is -0.478 e. The van der Waals surface area contributed by atoms with Crippen LogP contribution in [0.15, 0.2) is 33.9 Å². The van der Waals surface area contributed by atoms with E-state index in [1.54, 1.807) is 24.3 Å². The van der Waals surface area contributed by atoms with E-state index in [1.807, 2.05) is 6.92 Å². The van der Waals surface area contributed by atoms with Crippen LogP contribution in [0.2, 0.25) is 0 Å². The van der Waals surface area contributed by atoms with Crippen LogP contribution in [0, 0.1) is 0 Å². The number of ether oxygens (including phenoxy) is 2. The number of aromatic nitrogens is 3. The highest BCUT2D eigenvalue weighted by Gasteiger charge is 2.34. The van der Waals surface area contributed by atoms with E-state index in [9.17, 15) is 32.7 Å². The number of hydrogen-bond donors (Lipinski definition) is 1. The molecule has 0 saturated heterocycles. The number of hydrogen-bond acceptors (Lipinski definition) is 6. The Morgan fingerprint density at radius 2 is 1.62 bits per heavy atom. The van der Waals surface area contributed by atoms with Gasteiger partial charge in [-0.05, 0) is 43.9 Å². The number of benzene rings is 1. The van der Waals surface area contributed by atoms with Gasteiger partial charge in [-0.1, -0.05) is 58.1 Å². The van der Waals surface area contributed by atoms with Gasteiger partial charge in [-0.3, -0.25) is 9.36 Å². The molecule has 0 radical (unpaired) electrons. The fourth-order valence-electron chi connectivity index (χ4n) is 4.02. The summed E-state index contributed by atoms with van der Waals surface area (Å²) in [7, 11) is 0. The summed E-state index contributed by atoms with van der Waals surface area (Å²) in [5, 5.41) is 13.4. The van der Waals surface area contributed by atoms with E-state index in [1.165, 1.54) is 6.92 Å². The van der Waals surface area contributed by atoms with Gasteiger partial charge in [-0.2, -0.15) is 13.2 Å². The summed E-state index contributed by atoms with van der Waals surface area (Å²) in [6.45, 7) is 5.13. The third-order valence-electron chi connectivity index (χ3n) is 6.23. The molecule has 0 bridgehead atoms. The zero-order chi connectivity index (χ0) is 29.1. The molecule has 1 aromatic heterocycles. The van der Waals surface area contributed by atoms with Crippen molar-refractivity contribution in [3.8, 4) is 11.6 Å². The number of alkyl halides is 3. The van der Waals surface area contributed by atoms with E-state index in [-0.39, 0.29) is 32.0 Å². The maximum absolute atomic E-state index is 13.0. The third kappa shape index (κ3) is 10.1. The van der Waals surface area contributed by atoms with Crippen molar-refractivity contribution < 1.29 is 32.5 Å². The molecule has 0 amide bonds. The number of aryl methyl sites for hydroxylation is 1. The Morgan fingerprint density at radius 1 is 0.949 bits per heavy atom. The molecule has 12 heteroatoms. The summed E-state index contributed by atoms with van der Waals surface area (Å²) in [5.41, 5.74) is -2.27. The second-order valence-electron chi connectivity index (χ2n) is 9.72. The molecule has 2 aromatic rings. The van der Waals surface area contributed by atoms with Gasteiger partial charge in [0.05, 0.1) is 0 Å². The third-order valence-corrected chi connectivity index (χ3v) is 6.23. The van der Waals surface area contributed by atoms with Crippen LogP contribution < -0.4 is 20.7 Å². The molecular weight excluding hydrogens is 519 g/mol. The normalized spacial score (nSPS) is 13.2. The van der Waals surface area contributed by atoms with Crippen LogP contribution in [-0.4, -0.2) is 37.2 Å². The molecule has 1 unspecified atom stereocenters. The molecule has 39 heavy (non-hydrogen) atoms. The van der Waals surface area contributed by atoms with Gasteiger partial charge in [-0.15, -0.1) is 5.10 Å². The van der Waals surface area contributed by atoms with Crippen molar-refractivity contribution in [1.82, 2.24) is 14.3 Å². The Kier molecular flexibility index (Phi) is 12.1. The van der Waals surface area contributed by atoms with Crippen LogP contribution in [0.4, 0.5) is 13.2 Å². The summed E-state index contributed by atoms with van der Waals surface area (Å²) in [4.78, 5) is 37.4. The molecular formula is C27H38F3N3O6. The molecule has 1 atom stereocenters. The fourth-order valence-corrected chi connectivity index (χ4v) is 4.02. The van der Waals surface area contributed by atoms with Gasteiger partial charge in [0.2, 0.25) is 5.60 Å². The second kappa shape index (κ2) is 14.7. The van der Waals surface area contributed by atoms with Gasteiger partial charge in [-0.25, -0.2) is 14.3 Å². The highest BCUT2D eigenvalue weighted by molar-refractivity contribution is 5.77. The number of carboxylic acids is 1. The van der Waals surface area contributed by atoms with Crippen LogP contribution in [0.1, 0.15) is 84.1 Å². The van der Waals surface area contributed by atoms with Crippen molar-refractivity contribution >= 4 is 5.97 Å². The number of carboxylic acid groups (broad SMARTS) is 1. The van der Waals surface area contributed by atoms with Crippen LogP contribution >= 0.6 is 0 Å². The van der Waals surface area contributed by atoms with Gasteiger partial charge in [0.15, 0.2) is 0 Å². The van der Waals surface area contributed by atoms with Gasteiger partial charge in [0.1, 0.15) is 12.4 Å². The summed E-state index contributed by atoms with van der Waals surface area (Å²) in [6, 6.07) is 6.43. The molecule has 0 spiro atoms. The molecule has 0 fully saturated rings. The Hall–Kier alpha value is -3.31. The lowest BCUT2D eigenvalue weighted by Gasteiger charge is -2.26. The molecule has 1 heterocycles. The predicted molar refractivity (Wildman–Crippen MR) is 139 cm³/mol. The first-order valence-corrected chi connectivity index (χ1v) is 13.3. The molecule has 0 aliphatic heterocycles. The van der Waals surface area contributed by atoms with Crippen LogP contribution in [0.3, 0.4) is 0 Å². The molecule has 0 aliphatic carbocycles. The zero-order valence-corrected chi connectivity index (χ0v) is 22.8. The van der Waals surface area contributed by atoms with Crippen LogP contribution in [0.25, 0.3) is 0 Å². The van der Waals surface area contributed by atoms with Crippen molar-refractivity contribution in [1.29, 1.82) is 0 Å². The maximum Gasteiger partial charge on any atom is 0.389 e. The largest absolute Gasteiger partial charge is 0.478 e. The summed E-state index contributed by atoms with van der Waals surface area (Å²) >= 11 is 0. The Morgan fingerprint density at radius 3 is 2.21 bits per heavy atom. The molecule has 0 aliphatic rings. The number of halogens is 3. The molecule has 1 aromatic carbocycles. The minimum atomic E-state index is -4.37. The SMILES string of the molecule is CCCCCCCn1c(=O)c(OCc2ccc(OC(C)(CCC)C(=O)O)cc2)nn(CCCC(F)(F)F)c1=O. The topological polar surface area (TPSA) is 113 Å². The smallest absolute Gasteiger partial charge is 0.389 e. The average Bonchev–Trinajstić information content (AvgIpc) is 2.86. The van der Waals surface area contributed by atoms with Crippen LogP contribution in [0.5, 0.6) is 11.6 Å². The lowest BCUT2D eigenvalue weighted by Crippen LogP contribution is -2.42. The van der Waals surface area contributed by atoms with Gasteiger partial charge in [0, 0.05) is 19.5 Å². The number of aliphatic carboxylic acids is 1. The fraction of sp³-hybridized carbons (Fsp3) is 0.630. The average molecular weight is 558 g/mol. The highest BCUT2D eigenvalue weighted by Crippen LogP contribution is 2.24. The van der Waals surface area contributed by atoms with E-state index in [2.05, 4.69) is 12.0 Å². The first-order valence-electron chi connectivity index (χ1n) is 13.3. The van der Waals surface area contributed by atoms with E-state index < -0.39 is 35.4 Å². The Bertz CT molecular complexity index is 1180. The van der Waals surface area contributed by atoms with Crippen molar-refractivity contribution in [3.05, 3.63) is 50.7 Å². The molecule has 218 valence electrons. The van der Waals surface area contributed by atoms with E-state index in [0.717, 1.165) is 34.9 Å².